The third kappa shape index (κ3) is 4.53. The SMILES string of the molecule is C[C@H](OCC1CC1)C(=O)NCc1nc(-c2ccc(Cl)cc2)no1. The van der Waals surface area contributed by atoms with E-state index in [4.69, 9.17) is 20.9 Å². The zero-order valence-electron chi connectivity index (χ0n) is 12.8. The predicted octanol–water partition coefficient (Wildman–Crippen LogP) is 2.82. The topological polar surface area (TPSA) is 77.2 Å². The van der Waals surface area contributed by atoms with Crippen molar-refractivity contribution in [2.75, 3.05) is 6.61 Å². The molecule has 2 aromatic rings. The van der Waals surface area contributed by atoms with E-state index in [1.165, 1.54) is 12.8 Å². The van der Waals surface area contributed by atoms with Gasteiger partial charge < -0.3 is 14.6 Å². The minimum absolute atomic E-state index is 0.177. The molecular weight excluding hydrogens is 318 g/mol. The van der Waals surface area contributed by atoms with Gasteiger partial charge in [0.1, 0.15) is 6.10 Å². The second-order valence-electron chi connectivity index (χ2n) is 5.66. The molecule has 1 fully saturated rings. The van der Waals surface area contributed by atoms with Gasteiger partial charge in [0.25, 0.3) is 0 Å². The highest BCUT2D eigenvalue weighted by molar-refractivity contribution is 6.30. The molecule has 1 amide bonds. The molecule has 1 aromatic carbocycles. The summed E-state index contributed by atoms with van der Waals surface area (Å²) in [5, 5.41) is 7.27. The van der Waals surface area contributed by atoms with Crippen LogP contribution in [0, 0.1) is 5.92 Å². The molecule has 1 heterocycles. The molecule has 1 aliphatic carbocycles. The fraction of sp³-hybridized carbons (Fsp3) is 0.438. The van der Waals surface area contributed by atoms with E-state index in [0.717, 1.165) is 5.56 Å². The van der Waals surface area contributed by atoms with Crippen LogP contribution in [0.4, 0.5) is 0 Å². The number of aromatic nitrogens is 2. The second-order valence-corrected chi connectivity index (χ2v) is 6.09. The smallest absolute Gasteiger partial charge is 0.249 e. The number of benzene rings is 1. The van der Waals surface area contributed by atoms with Gasteiger partial charge in [-0.05, 0) is 49.9 Å². The zero-order valence-corrected chi connectivity index (χ0v) is 13.5. The zero-order chi connectivity index (χ0) is 16.2. The molecule has 0 radical (unpaired) electrons. The molecule has 1 atom stereocenters. The standard InChI is InChI=1S/C16H18ClN3O3/c1-10(22-9-11-2-3-11)16(21)18-8-14-19-15(20-23-14)12-4-6-13(17)7-5-12/h4-7,10-11H,2-3,8-9H2,1H3,(H,18,21)/t10-/m0/s1. The van der Waals surface area contributed by atoms with Crippen LogP contribution in [0.3, 0.4) is 0 Å². The molecule has 1 N–H and O–H groups in total. The first-order chi connectivity index (χ1) is 11.1. The van der Waals surface area contributed by atoms with E-state index in [1.54, 1.807) is 19.1 Å². The number of hydrogen-bond donors (Lipinski definition) is 1. The van der Waals surface area contributed by atoms with Crippen LogP contribution in [-0.4, -0.2) is 28.8 Å². The van der Waals surface area contributed by atoms with Crippen molar-refractivity contribution in [2.24, 2.45) is 5.92 Å². The van der Waals surface area contributed by atoms with Gasteiger partial charge in [-0.15, -0.1) is 0 Å². The highest BCUT2D eigenvalue weighted by Gasteiger charge is 2.24. The lowest BCUT2D eigenvalue weighted by atomic mass is 10.2. The number of ether oxygens (including phenoxy) is 1. The summed E-state index contributed by atoms with van der Waals surface area (Å²) in [4.78, 5) is 16.2. The van der Waals surface area contributed by atoms with Crippen LogP contribution in [0.5, 0.6) is 0 Å². The molecule has 1 aliphatic rings. The summed E-state index contributed by atoms with van der Waals surface area (Å²) in [7, 11) is 0. The number of amides is 1. The molecule has 122 valence electrons. The predicted molar refractivity (Wildman–Crippen MR) is 84.7 cm³/mol. The summed E-state index contributed by atoms with van der Waals surface area (Å²) >= 11 is 5.84. The van der Waals surface area contributed by atoms with Gasteiger partial charge >= 0.3 is 0 Å². The van der Waals surface area contributed by atoms with Crippen molar-refractivity contribution in [1.82, 2.24) is 15.5 Å². The monoisotopic (exact) mass is 335 g/mol. The lowest BCUT2D eigenvalue weighted by molar-refractivity contribution is -0.132. The van der Waals surface area contributed by atoms with Crippen LogP contribution < -0.4 is 5.32 Å². The fourth-order valence-electron chi connectivity index (χ4n) is 1.99. The van der Waals surface area contributed by atoms with Gasteiger partial charge in [-0.25, -0.2) is 0 Å². The Balaban J connectivity index is 1.50. The van der Waals surface area contributed by atoms with Gasteiger partial charge in [-0.2, -0.15) is 4.98 Å². The molecular formula is C16H18ClN3O3. The van der Waals surface area contributed by atoms with Gasteiger partial charge in [-0.1, -0.05) is 16.8 Å². The summed E-state index contributed by atoms with van der Waals surface area (Å²) in [5.41, 5.74) is 0.803. The van der Waals surface area contributed by atoms with Crippen LogP contribution in [-0.2, 0) is 16.1 Å². The summed E-state index contributed by atoms with van der Waals surface area (Å²) in [6.07, 6.45) is 1.92. The van der Waals surface area contributed by atoms with Crippen molar-refractivity contribution in [1.29, 1.82) is 0 Å². The molecule has 0 spiro atoms. The Bertz CT molecular complexity index is 667. The van der Waals surface area contributed by atoms with Crippen molar-refractivity contribution in [2.45, 2.75) is 32.4 Å². The minimum Gasteiger partial charge on any atom is -0.368 e. The molecule has 6 nitrogen and oxygen atoms in total. The van der Waals surface area contributed by atoms with Crippen LogP contribution in [0.1, 0.15) is 25.7 Å². The van der Waals surface area contributed by atoms with Crippen LogP contribution in [0.2, 0.25) is 5.02 Å². The van der Waals surface area contributed by atoms with Crippen molar-refractivity contribution in [3.63, 3.8) is 0 Å². The first-order valence-corrected chi connectivity index (χ1v) is 7.97. The van der Waals surface area contributed by atoms with E-state index >= 15 is 0 Å². The van der Waals surface area contributed by atoms with Crippen molar-refractivity contribution in [3.8, 4) is 11.4 Å². The number of carbonyl (C=O) groups excluding carboxylic acids is 1. The highest BCUT2D eigenvalue weighted by atomic mass is 35.5. The maximum absolute atomic E-state index is 11.9. The van der Waals surface area contributed by atoms with Gasteiger partial charge in [0.05, 0.1) is 13.2 Å². The Labute approximate surface area is 139 Å². The quantitative estimate of drug-likeness (QED) is 0.841. The summed E-state index contributed by atoms with van der Waals surface area (Å²) in [5.74, 6) is 1.25. The van der Waals surface area contributed by atoms with Gasteiger partial charge in [-0.3, -0.25) is 4.79 Å². The normalized spacial score (nSPS) is 15.4. The van der Waals surface area contributed by atoms with Gasteiger partial charge in [0.15, 0.2) is 0 Å². The van der Waals surface area contributed by atoms with Crippen molar-refractivity contribution in [3.05, 3.63) is 35.2 Å². The third-order valence-corrected chi connectivity index (χ3v) is 3.88. The first kappa shape index (κ1) is 16.0. The van der Waals surface area contributed by atoms with Crippen LogP contribution in [0.25, 0.3) is 11.4 Å². The van der Waals surface area contributed by atoms with E-state index in [-0.39, 0.29) is 12.5 Å². The molecule has 1 aromatic heterocycles. The summed E-state index contributed by atoms with van der Waals surface area (Å²) in [6, 6.07) is 7.13. The average Bonchev–Trinajstić information content (AvgIpc) is 3.27. The molecule has 0 unspecified atom stereocenters. The Morgan fingerprint density at radius 1 is 1.43 bits per heavy atom. The molecule has 1 saturated carbocycles. The largest absolute Gasteiger partial charge is 0.368 e. The second kappa shape index (κ2) is 7.10. The number of carbonyl (C=O) groups is 1. The molecule has 23 heavy (non-hydrogen) atoms. The fourth-order valence-corrected chi connectivity index (χ4v) is 2.12. The van der Waals surface area contributed by atoms with Gasteiger partial charge in [0, 0.05) is 10.6 Å². The van der Waals surface area contributed by atoms with E-state index in [1.807, 2.05) is 12.1 Å². The number of nitrogens with zero attached hydrogens (tertiary/aromatic N) is 2. The lowest BCUT2D eigenvalue weighted by Gasteiger charge is -2.11. The van der Waals surface area contributed by atoms with E-state index < -0.39 is 6.10 Å². The Morgan fingerprint density at radius 2 is 2.17 bits per heavy atom. The average molecular weight is 336 g/mol. The highest BCUT2D eigenvalue weighted by Crippen LogP contribution is 2.29. The van der Waals surface area contributed by atoms with E-state index in [0.29, 0.717) is 29.3 Å². The van der Waals surface area contributed by atoms with E-state index in [9.17, 15) is 4.79 Å². The number of nitrogens with one attached hydrogen (secondary N) is 1. The minimum atomic E-state index is -0.478. The summed E-state index contributed by atoms with van der Waals surface area (Å²) in [6.45, 7) is 2.57. The van der Waals surface area contributed by atoms with Crippen LogP contribution >= 0.6 is 11.6 Å². The number of rotatable bonds is 7. The maximum atomic E-state index is 11.9. The lowest BCUT2D eigenvalue weighted by Crippen LogP contribution is -2.34. The van der Waals surface area contributed by atoms with Crippen LogP contribution in [0.15, 0.2) is 28.8 Å². The number of halogens is 1. The molecule has 0 saturated heterocycles. The third-order valence-electron chi connectivity index (χ3n) is 3.63. The Hall–Kier alpha value is -1.92. The Morgan fingerprint density at radius 3 is 2.87 bits per heavy atom. The molecule has 0 aliphatic heterocycles. The molecule has 7 heteroatoms. The number of hydrogen-bond acceptors (Lipinski definition) is 5. The van der Waals surface area contributed by atoms with E-state index in [2.05, 4.69) is 15.5 Å². The van der Waals surface area contributed by atoms with Gasteiger partial charge in [0.2, 0.25) is 17.6 Å². The molecule has 3 rings (SSSR count). The maximum Gasteiger partial charge on any atom is 0.249 e. The summed E-state index contributed by atoms with van der Waals surface area (Å²) < 4.78 is 10.6. The molecule has 0 bridgehead atoms. The Kier molecular flexibility index (Phi) is 4.93. The van der Waals surface area contributed by atoms with Crippen molar-refractivity contribution >= 4 is 17.5 Å². The van der Waals surface area contributed by atoms with Crippen molar-refractivity contribution < 1.29 is 14.1 Å². The first-order valence-electron chi connectivity index (χ1n) is 7.59.